The molecule has 0 spiro atoms. The summed E-state index contributed by atoms with van der Waals surface area (Å²) in [4.78, 5) is 18.2. The third-order valence-corrected chi connectivity index (χ3v) is 3.31. The molecule has 0 saturated carbocycles. The molecule has 140 valence electrons. The Labute approximate surface area is 151 Å². The van der Waals surface area contributed by atoms with Crippen molar-refractivity contribution >= 4 is 35.6 Å². The molecule has 2 rings (SSSR count). The van der Waals surface area contributed by atoms with E-state index in [2.05, 4.69) is 9.98 Å². The maximum Gasteiger partial charge on any atom is 0.416 e. The molecule has 0 saturated heterocycles. The average molecular weight is 381 g/mol. The number of carboxylic acid groups (broad SMARTS) is 1. The second-order valence-corrected chi connectivity index (χ2v) is 5.11. The topological polar surface area (TPSA) is 73.3 Å². The van der Waals surface area contributed by atoms with Gasteiger partial charge in [0.2, 0.25) is 0 Å². The van der Waals surface area contributed by atoms with Gasteiger partial charge in [-0.05, 0) is 24.3 Å². The second-order valence-electron chi connectivity index (χ2n) is 5.11. The number of ketones is 1. The second kappa shape index (κ2) is 8.35. The Morgan fingerprint density at radius 3 is 2.63 bits per heavy atom. The van der Waals surface area contributed by atoms with Gasteiger partial charge in [0.05, 0.1) is 5.57 Å². The zero-order valence-electron chi connectivity index (χ0n) is 13.9. The van der Waals surface area contributed by atoms with E-state index in [9.17, 15) is 22.4 Å². The minimum absolute atomic E-state index is 0.0778. The van der Waals surface area contributed by atoms with Crippen molar-refractivity contribution in [1.29, 1.82) is 0 Å². The summed E-state index contributed by atoms with van der Waals surface area (Å²) in [7, 11) is 1.27. The fourth-order valence-electron chi connectivity index (χ4n) is 2.08. The number of hydrogen-bond acceptors (Lipinski definition) is 2. The van der Waals surface area contributed by atoms with Crippen LogP contribution >= 0.6 is 0 Å². The van der Waals surface area contributed by atoms with Gasteiger partial charge in [0.25, 0.3) is 7.11 Å². The van der Waals surface area contributed by atoms with Crippen molar-refractivity contribution in [2.24, 2.45) is 9.98 Å². The van der Waals surface area contributed by atoms with Gasteiger partial charge in [-0.3, -0.25) is 4.42 Å². The van der Waals surface area contributed by atoms with Crippen LogP contribution in [0.15, 0.2) is 58.1 Å². The number of nitrogens with zero attached hydrogens (tertiary/aromatic N) is 2. The Morgan fingerprint density at radius 2 is 2.00 bits per heavy atom. The molecule has 0 heterocycles. The van der Waals surface area contributed by atoms with Gasteiger partial charge < -0.3 is 5.11 Å². The fourth-order valence-corrected chi connectivity index (χ4v) is 2.08. The molecule has 0 aromatic heterocycles. The van der Waals surface area contributed by atoms with Gasteiger partial charge in [0.15, 0.2) is 5.71 Å². The van der Waals surface area contributed by atoms with E-state index in [1.807, 2.05) is 0 Å². The number of hydrogen-bond donors (Lipinski definition) is 1. The highest BCUT2D eigenvalue weighted by Gasteiger charge is 2.35. The maximum absolute atomic E-state index is 14.0. The Kier molecular flexibility index (Phi) is 6.17. The molecule has 1 aliphatic rings. The molecule has 1 aromatic rings. The predicted octanol–water partition coefficient (Wildman–Crippen LogP) is 3.82. The van der Waals surface area contributed by atoms with Crippen molar-refractivity contribution in [2.75, 3.05) is 7.11 Å². The lowest BCUT2D eigenvalue weighted by atomic mass is 10.0. The van der Waals surface area contributed by atoms with Crippen LogP contribution < -0.4 is 0 Å². The summed E-state index contributed by atoms with van der Waals surface area (Å²) < 4.78 is 57.4. The molecule has 0 fully saturated rings. The standard InChI is InChI=1S/C18H12F4N2O3/c1-27-15-7-6-12(18(20,21)22)9-14(15)23-10-24-17-11(5-8-16(25)26)3-2-4-13(17)19/h2-10H,1H3/p+1/b8-5+,23-14?,24-10?. The van der Waals surface area contributed by atoms with Crippen LogP contribution in [-0.4, -0.2) is 42.2 Å². The van der Waals surface area contributed by atoms with E-state index < -0.39 is 23.5 Å². The van der Waals surface area contributed by atoms with E-state index >= 15 is 0 Å². The van der Waals surface area contributed by atoms with Crippen molar-refractivity contribution in [2.45, 2.75) is 6.18 Å². The van der Waals surface area contributed by atoms with Crippen molar-refractivity contribution in [1.82, 2.24) is 0 Å². The van der Waals surface area contributed by atoms with E-state index in [1.54, 1.807) is 0 Å². The lowest BCUT2D eigenvalue weighted by Crippen LogP contribution is -2.21. The Balaban J connectivity index is 2.39. The normalized spacial score (nSPS) is 18.0. The SMILES string of the molecule is C[O+]=C1C=CC(C(F)(F)F)=CC1=NC=Nc1c(F)cccc1/C=C/C(=O)O. The number of para-hydroxylation sites is 1. The number of allylic oxidation sites excluding steroid dienone is 4. The summed E-state index contributed by atoms with van der Waals surface area (Å²) >= 11 is 0. The van der Waals surface area contributed by atoms with Crippen molar-refractivity contribution in [3.8, 4) is 0 Å². The van der Waals surface area contributed by atoms with Crippen LogP contribution in [0.2, 0.25) is 0 Å². The number of aliphatic carboxylic acids is 1. The molecule has 1 aromatic carbocycles. The van der Waals surface area contributed by atoms with Gasteiger partial charge in [-0.1, -0.05) is 12.1 Å². The molecule has 1 aliphatic carbocycles. The van der Waals surface area contributed by atoms with Crippen LogP contribution in [0.1, 0.15) is 5.56 Å². The van der Waals surface area contributed by atoms with Crippen LogP contribution in [0.5, 0.6) is 0 Å². The largest absolute Gasteiger partial charge is 0.478 e. The van der Waals surface area contributed by atoms with E-state index in [0.717, 1.165) is 42.8 Å². The maximum atomic E-state index is 14.0. The zero-order chi connectivity index (χ0) is 20.0. The van der Waals surface area contributed by atoms with Crippen LogP contribution in [0.25, 0.3) is 6.08 Å². The van der Waals surface area contributed by atoms with Gasteiger partial charge in [-0.15, -0.1) is 0 Å². The first kappa shape index (κ1) is 20.0. The van der Waals surface area contributed by atoms with Gasteiger partial charge >= 0.3 is 17.9 Å². The Morgan fingerprint density at radius 1 is 1.26 bits per heavy atom. The number of carboxylic acids is 1. The highest BCUT2D eigenvalue weighted by Crippen LogP contribution is 2.28. The number of rotatable bonds is 4. The Hall–Kier alpha value is -3.36. The number of carbonyl (C=O) groups excluding carboxylic acids is 1. The van der Waals surface area contributed by atoms with Crippen molar-refractivity contribution < 1.29 is 31.9 Å². The van der Waals surface area contributed by atoms with Crippen LogP contribution in [0.3, 0.4) is 0 Å². The van der Waals surface area contributed by atoms with E-state index in [-0.39, 0.29) is 22.7 Å². The Bertz CT molecular complexity index is 923. The first-order valence-electron chi connectivity index (χ1n) is 7.40. The molecule has 0 atom stereocenters. The van der Waals surface area contributed by atoms with E-state index in [4.69, 9.17) is 9.53 Å². The lowest BCUT2D eigenvalue weighted by molar-refractivity contribution is -0.416. The summed E-state index contributed by atoms with van der Waals surface area (Å²) in [6.45, 7) is 0. The van der Waals surface area contributed by atoms with Crippen molar-refractivity contribution in [3.05, 3.63) is 59.5 Å². The molecule has 9 heteroatoms. The summed E-state index contributed by atoms with van der Waals surface area (Å²) in [5.74, 6) is -1.90. The predicted molar refractivity (Wildman–Crippen MR) is 92.9 cm³/mol. The average Bonchev–Trinajstić information content (AvgIpc) is 2.60. The first-order valence-corrected chi connectivity index (χ1v) is 7.40. The van der Waals surface area contributed by atoms with Crippen LogP contribution in [0.4, 0.5) is 23.2 Å². The molecular weight excluding hydrogens is 368 g/mol. The van der Waals surface area contributed by atoms with E-state index in [0.29, 0.717) is 0 Å². The molecule has 0 amide bonds. The summed E-state index contributed by atoms with van der Waals surface area (Å²) in [6.07, 6.45) is 0.990. The zero-order valence-corrected chi connectivity index (χ0v) is 13.9. The van der Waals surface area contributed by atoms with Gasteiger partial charge in [0.1, 0.15) is 17.8 Å². The smallest absolute Gasteiger partial charge is 0.416 e. The number of alkyl halides is 3. The number of halogens is 4. The molecule has 27 heavy (non-hydrogen) atoms. The summed E-state index contributed by atoms with van der Waals surface area (Å²) in [5, 5.41) is 8.67. The van der Waals surface area contributed by atoms with Crippen LogP contribution in [-0.2, 0) is 9.22 Å². The third-order valence-electron chi connectivity index (χ3n) is 3.31. The monoisotopic (exact) mass is 381 g/mol. The highest BCUT2D eigenvalue weighted by molar-refractivity contribution is 6.50. The minimum atomic E-state index is -4.56. The fraction of sp³-hybridized carbons (Fsp3) is 0.111. The molecule has 0 bridgehead atoms. The lowest BCUT2D eigenvalue weighted by Gasteiger charge is -2.09. The third kappa shape index (κ3) is 5.30. The highest BCUT2D eigenvalue weighted by atomic mass is 19.4. The van der Waals surface area contributed by atoms with Gasteiger partial charge in [-0.2, -0.15) is 13.2 Å². The molecule has 5 nitrogen and oxygen atoms in total. The summed E-state index contributed by atoms with van der Waals surface area (Å²) in [6, 6.07) is 3.90. The molecule has 0 aliphatic heterocycles. The molecule has 0 unspecified atom stereocenters. The van der Waals surface area contributed by atoms with Gasteiger partial charge in [-0.25, -0.2) is 19.2 Å². The minimum Gasteiger partial charge on any atom is -0.478 e. The van der Waals surface area contributed by atoms with Crippen molar-refractivity contribution in [3.63, 3.8) is 0 Å². The van der Waals surface area contributed by atoms with Crippen LogP contribution in [0, 0.1) is 5.82 Å². The number of carbonyl (C=O) groups is 1. The van der Waals surface area contributed by atoms with E-state index in [1.165, 1.54) is 19.2 Å². The number of benzene rings is 1. The van der Waals surface area contributed by atoms with Gasteiger partial charge in [0, 0.05) is 17.7 Å². The first-order chi connectivity index (χ1) is 12.7. The summed E-state index contributed by atoms with van der Waals surface area (Å²) in [5.41, 5.74) is -1.11. The molecule has 1 N–H and O–H groups in total. The quantitative estimate of drug-likeness (QED) is 0.215. The molecule has 0 radical (unpaired) electrons. The number of aliphatic imine (C=N–C) groups is 2. The molecular formula is C18H13F4N2O3+.